The van der Waals surface area contributed by atoms with Crippen molar-refractivity contribution in [2.75, 3.05) is 31.5 Å². The quantitative estimate of drug-likeness (QED) is 0.339. The molecule has 186 valence electrons. The Bertz CT molecular complexity index is 1050. The molecular formula is C25H31N5O5. The minimum atomic E-state index is -0.850. The fourth-order valence-corrected chi connectivity index (χ4v) is 4.98. The highest BCUT2D eigenvalue weighted by Gasteiger charge is 2.32. The Kier molecular flexibility index (Phi) is 8.04. The minimum Gasteiger partial charge on any atom is -0.481 e. The van der Waals surface area contributed by atoms with E-state index in [1.165, 1.54) is 12.4 Å². The number of hydrogen-bond acceptors (Lipinski definition) is 7. The number of carboxylic acids is 2. The third kappa shape index (κ3) is 6.40. The average molecular weight is 482 g/mol. The second-order valence-electron chi connectivity index (χ2n) is 9.35. The number of aliphatic carboxylic acids is 2. The van der Waals surface area contributed by atoms with Gasteiger partial charge in [0.2, 0.25) is 0 Å². The molecule has 35 heavy (non-hydrogen) atoms. The third-order valence-corrected chi connectivity index (χ3v) is 6.98. The first kappa shape index (κ1) is 24.7. The van der Waals surface area contributed by atoms with Gasteiger partial charge in [-0.25, -0.2) is 4.98 Å². The molecule has 0 saturated carbocycles. The zero-order valence-electron chi connectivity index (χ0n) is 19.4. The van der Waals surface area contributed by atoms with E-state index in [-0.39, 0.29) is 24.0 Å². The molecule has 0 bridgehead atoms. The van der Waals surface area contributed by atoms with Crippen LogP contribution in [0.15, 0.2) is 36.7 Å². The van der Waals surface area contributed by atoms with Crippen molar-refractivity contribution in [2.45, 2.75) is 25.7 Å². The first-order chi connectivity index (χ1) is 16.9. The molecule has 1 aromatic carbocycles. The number of rotatable bonds is 10. The predicted octanol–water partition coefficient (Wildman–Crippen LogP) is 1.43. The van der Waals surface area contributed by atoms with Crippen LogP contribution in [0.25, 0.3) is 0 Å². The Morgan fingerprint density at radius 1 is 0.943 bits per heavy atom. The lowest BCUT2D eigenvalue weighted by Crippen LogP contribution is -2.28. The van der Waals surface area contributed by atoms with Crippen LogP contribution in [0.4, 0.5) is 5.69 Å². The van der Waals surface area contributed by atoms with E-state index in [0.29, 0.717) is 30.9 Å². The maximum absolute atomic E-state index is 12.7. The van der Waals surface area contributed by atoms with Crippen LogP contribution in [-0.2, 0) is 22.4 Å². The largest absolute Gasteiger partial charge is 0.481 e. The molecule has 4 atom stereocenters. The lowest BCUT2D eigenvalue weighted by atomic mass is 9.86. The van der Waals surface area contributed by atoms with Crippen molar-refractivity contribution in [2.24, 2.45) is 23.7 Å². The number of carboxylic acid groups (broad SMARTS) is 2. The zero-order chi connectivity index (χ0) is 24.8. The predicted molar refractivity (Wildman–Crippen MR) is 128 cm³/mol. The van der Waals surface area contributed by atoms with Gasteiger partial charge in [0.1, 0.15) is 5.69 Å². The van der Waals surface area contributed by atoms with E-state index in [1.54, 1.807) is 18.2 Å². The van der Waals surface area contributed by atoms with E-state index >= 15 is 0 Å². The Labute approximate surface area is 203 Å². The number of benzene rings is 1. The number of carbonyl (C=O) groups is 3. The van der Waals surface area contributed by atoms with Crippen LogP contribution >= 0.6 is 0 Å². The highest BCUT2D eigenvalue weighted by atomic mass is 16.4. The van der Waals surface area contributed by atoms with E-state index in [9.17, 15) is 24.6 Å². The third-order valence-electron chi connectivity index (χ3n) is 6.98. The van der Waals surface area contributed by atoms with Gasteiger partial charge in [-0.05, 0) is 75.0 Å². The maximum atomic E-state index is 12.7. The smallest absolute Gasteiger partial charge is 0.307 e. The lowest BCUT2D eigenvalue weighted by Gasteiger charge is -2.19. The summed E-state index contributed by atoms with van der Waals surface area (Å²) in [5, 5.41) is 28.5. The molecule has 1 unspecified atom stereocenters. The molecule has 5 N–H and O–H groups in total. The number of anilines is 1. The SMILES string of the molecule is O=C(Nc1cccc(C[C@H](C(=O)O)[C@H]2CCNC2)c1)c1cnc(C[C@H](C(=O)O)C2CCNC2)cn1. The minimum absolute atomic E-state index is 0.0511. The fourth-order valence-electron chi connectivity index (χ4n) is 4.98. The van der Waals surface area contributed by atoms with Crippen molar-refractivity contribution in [1.82, 2.24) is 20.6 Å². The number of carbonyl (C=O) groups excluding carboxylic acids is 1. The topological polar surface area (TPSA) is 154 Å². The van der Waals surface area contributed by atoms with E-state index in [2.05, 4.69) is 25.9 Å². The van der Waals surface area contributed by atoms with Crippen LogP contribution in [-0.4, -0.2) is 64.2 Å². The van der Waals surface area contributed by atoms with Crippen LogP contribution < -0.4 is 16.0 Å². The van der Waals surface area contributed by atoms with E-state index in [4.69, 9.17) is 0 Å². The molecule has 10 heteroatoms. The second-order valence-corrected chi connectivity index (χ2v) is 9.35. The van der Waals surface area contributed by atoms with Crippen molar-refractivity contribution in [3.63, 3.8) is 0 Å². The van der Waals surface area contributed by atoms with Gasteiger partial charge in [0.25, 0.3) is 5.91 Å². The number of amides is 1. The van der Waals surface area contributed by atoms with Gasteiger partial charge in [-0.3, -0.25) is 19.4 Å². The van der Waals surface area contributed by atoms with E-state index in [1.807, 2.05) is 6.07 Å². The van der Waals surface area contributed by atoms with E-state index in [0.717, 1.165) is 31.5 Å². The average Bonchev–Trinajstić information content (AvgIpc) is 3.56. The standard InChI is InChI=1S/C25H31N5O5/c31-23(22-14-28-19(13-29-22)10-21(25(34)35)17-5-7-27-12-17)30-18-3-1-2-15(8-18)9-20(24(32)33)16-4-6-26-11-16/h1-3,8,13-14,16-17,20-21,26-27H,4-7,9-12H2,(H,30,31)(H,32,33)(H,34,35)/t16-,17?,20-,21-/m0/s1. The summed E-state index contributed by atoms with van der Waals surface area (Å²) in [6, 6.07) is 7.17. The van der Waals surface area contributed by atoms with Gasteiger partial charge >= 0.3 is 11.9 Å². The van der Waals surface area contributed by atoms with Crippen molar-refractivity contribution < 1.29 is 24.6 Å². The summed E-state index contributed by atoms with van der Waals surface area (Å²) in [5.41, 5.74) is 2.04. The van der Waals surface area contributed by atoms with Gasteiger partial charge in [-0.1, -0.05) is 12.1 Å². The Hall–Kier alpha value is -3.37. The molecule has 10 nitrogen and oxygen atoms in total. The van der Waals surface area contributed by atoms with Crippen molar-refractivity contribution in [3.8, 4) is 0 Å². The summed E-state index contributed by atoms with van der Waals surface area (Å²) in [6.07, 6.45) is 5.12. The zero-order valence-corrected chi connectivity index (χ0v) is 19.4. The van der Waals surface area contributed by atoms with Crippen LogP contribution in [0.3, 0.4) is 0 Å². The van der Waals surface area contributed by atoms with Gasteiger partial charge in [0, 0.05) is 18.3 Å². The molecule has 0 aliphatic carbocycles. The molecule has 2 aliphatic heterocycles. The summed E-state index contributed by atoms with van der Waals surface area (Å²) < 4.78 is 0. The van der Waals surface area contributed by atoms with Gasteiger partial charge in [-0.15, -0.1) is 0 Å². The maximum Gasteiger partial charge on any atom is 0.307 e. The van der Waals surface area contributed by atoms with Gasteiger partial charge in [0.05, 0.1) is 23.7 Å². The van der Waals surface area contributed by atoms with E-state index < -0.39 is 29.7 Å². The molecule has 4 rings (SSSR count). The van der Waals surface area contributed by atoms with Crippen LogP contribution in [0.2, 0.25) is 0 Å². The molecule has 0 radical (unpaired) electrons. The molecule has 2 fully saturated rings. The van der Waals surface area contributed by atoms with Crippen LogP contribution in [0.5, 0.6) is 0 Å². The number of hydrogen-bond donors (Lipinski definition) is 5. The van der Waals surface area contributed by atoms with Crippen molar-refractivity contribution in [1.29, 1.82) is 0 Å². The second kappa shape index (κ2) is 11.4. The molecule has 1 amide bonds. The Morgan fingerprint density at radius 2 is 1.60 bits per heavy atom. The normalized spacial score (nSPS) is 21.4. The van der Waals surface area contributed by atoms with Crippen molar-refractivity contribution in [3.05, 3.63) is 53.6 Å². The summed E-state index contributed by atoms with van der Waals surface area (Å²) in [6.45, 7) is 3.02. The van der Waals surface area contributed by atoms with Crippen LogP contribution in [0, 0.1) is 23.7 Å². The Morgan fingerprint density at radius 3 is 2.14 bits per heavy atom. The Balaban J connectivity index is 1.38. The molecule has 2 aromatic rings. The highest BCUT2D eigenvalue weighted by molar-refractivity contribution is 6.02. The van der Waals surface area contributed by atoms with Crippen LogP contribution in [0.1, 0.15) is 34.6 Å². The molecule has 1 aromatic heterocycles. The number of aromatic nitrogens is 2. The summed E-state index contributed by atoms with van der Waals surface area (Å²) in [7, 11) is 0. The highest BCUT2D eigenvalue weighted by Crippen LogP contribution is 2.25. The fraction of sp³-hybridized carbons (Fsp3) is 0.480. The van der Waals surface area contributed by atoms with Gasteiger partial charge in [-0.2, -0.15) is 0 Å². The lowest BCUT2D eigenvalue weighted by molar-refractivity contribution is -0.144. The summed E-state index contributed by atoms with van der Waals surface area (Å²) >= 11 is 0. The summed E-state index contributed by atoms with van der Waals surface area (Å²) in [5.74, 6) is -2.99. The van der Waals surface area contributed by atoms with Crippen molar-refractivity contribution >= 4 is 23.5 Å². The first-order valence-corrected chi connectivity index (χ1v) is 12.0. The number of nitrogens with zero attached hydrogens (tertiary/aromatic N) is 2. The first-order valence-electron chi connectivity index (χ1n) is 12.0. The molecule has 2 saturated heterocycles. The molecule has 3 heterocycles. The van der Waals surface area contributed by atoms with Gasteiger partial charge < -0.3 is 26.2 Å². The van der Waals surface area contributed by atoms with Gasteiger partial charge in [0.15, 0.2) is 0 Å². The summed E-state index contributed by atoms with van der Waals surface area (Å²) in [4.78, 5) is 44.7. The molecule has 0 spiro atoms. The molecule has 2 aliphatic rings. The molecular weight excluding hydrogens is 450 g/mol. The number of nitrogens with one attached hydrogen (secondary N) is 3. The monoisotopic (exact) mass is 481 g/mol.